The molecule has 2 nitrogen and oxygen atoms in total. The highest BCUT2D eigenvalue weighted by molar-refractivity contribution is 6.25. The molecule has 0 aromatic heterocycles. The number of rotatable bonds is 5. The third kappa shape index (κ3) is 3.56. The maximum Gasteiger partial charge on any atom is 0.154 e. The van der Waals surface area contributed by atoms with Crippen LogP contribution in [0.25, 0.3) is 0 Å². The second-order valence-corrected chi connectivity index (χ2v) is 3.92. The van der Waals surface area contributed by atoms with Crippen molar-refractivity contribution in [3.8, 4) is 0 Å². The minimum Gasteiger partial charge on any atom is -0.354 e. The maximum atomic E-state index is 5.65. The zero-order valence-corrected chi connectivity index (χ0v) is 9.57. The van der Waals surface area contributed by atoms with Gasteiger partial charge < -0.3 is 9.47 Å². The first kappa shape index (κ1) is 10.4. The molecule has 4 heteroatoms. The van der Waals surface area contributed by atoms with Crippen molar-refractivity contribution in [3.63, 3.8) is 0 Å². The first-order valence-corrected chi connectivity index (χ1v) is 5.06. The number of alkyl halides is 1. The molecular formula is C6H15ClO2Si. The molecule has 0 bridgehead atoms. The largest absolute Gasteiger partial charge is 0.354 e. The van der Waals surface area contributed by atoms with Gasteiger partial charge in [-0.05, 0) is 13.8 Å². The SMILES string of the molecule is CCOC([SiH3])(CCl)OCC. The Labute approximate surface area is 70.3 Å². The third-order valence-corrected chi connectivity index (χ3v) is 3.01. The van der Waals surface area contributed by atoms with E-state index in [0.717, 1.165) is 10.2 Å². The van der Waals surface area contributed by atoms with Gasteiger partial charge in [-0.15, -0.1) is 11.6 Å². The highest BCUT2D eigenvalue weighted by Crippen LogP contribution is 2.09. The average molecular weight is 183 g/mol. The quantitative estimate of drug-likeness (QED) is 0.347. The Morgan fingerprint density at radius 2 is 1.70 bits per heavy atom. The maximum absolute atomic E-state index is 5.65. The molecule has 0 aliphatic heterocycles. The third-order valence-electron chi connectivity index (χ3n) is 1.14. The molecule has 0 N–H and O–H groups in total. The van der Waals surface area contributed by atoms with Crippen molar-refractivity contribution in [2.45, 2.75) is 19.3 Å². The number of hydrogen-bond acceptors (Lipinski definition) is 2. The van der Waals surface area contributed by atoms with Crippen LogP contribution >= 0.6 is 11.6 Å². The summed E-state index contributed by atoms with van der Waals surface area (Å²) in [5.41, 5.74) is -0.453. The molecule has 0 heterocycles. The van der Waals surface area contributed by atoms with Crippen LogP contribution < -0.4 is 0 Å². The highest BCUT2D eigenvalue weighted by atomic mass is 35.5. The molecular weight excluding hydrogens is 168 g/mol. The lowest BCUT2D eigenvalue weighted by atomic mass is 10.7. The fourth-order valence-corrected chi connectivity index (χ4v) is 1.46. The lowest BCUT2D eigenvalue weighted by molar-refractivity contribution is -0.157. The first-order valence-electron chi connectivity index (χ1n) is 3.52. The summed E-state index contributed by atoms with van der Waals surface area (Å²) in [7, 11) is 0.812. The predicted molar refractivity (Wildman–Crippen MR) is 46.6 cm³/mol. The lowest BCUT2D eigenvalue weighted by Gasteiger charge is -2.26. The van der Waals surface area contributed by atoms with E-state index in [4.69, 9.17) is 21.1 Å². The molecule has 0 fully saturated rings. The molecule has 0 saturated carbocycles. The van der Waals surface area contributed by atoms with E-state index in [1.54, 1.807) is 0 Å². The predicted octanol–water partition coefficient (Wildman–Crippen LogP) is 0.317. The topological polar surface area (TPSA) is 18.5 Å². The number of halogens is 1. The van der Waals surface area contributed by atoms with Gasteiger partial charge in [0, 0.05) is 13.2 Å². The summed E-state index contributed by atoms with van der Waals surface area (Å²) in [5, 5.41) is 0. The van der Waals surface area contributed by atoms with E-state index in [-0.39, 0.29) is 0 Å². The molecule has 0 aliphatic carbocycles. The Hall–Kier alpha value is 0.427. The minimum absolute atomic E-state index is 0.431. The second-order valence-electron chi connectivity index (χ2n) is 2.13. The molecule has 0 rings (SSSR count). The number of ether oxygens (including phenoxy) is 2. The van der Waals surface area contributed by atoms with Crippen molar-refractivity contribution in [2.24, 2.45) is 0 Å². The standard InChI is InChI=1S/C6H15ClO2Si/c1-3-8-6(10,5-7)9-4-2/h3-5H2,1-2,10H3. The van der Waals surface area contributed by atoms with Crippen LogP contribution in [-0.2, 0) is 9.47 Å². The van der Waals surface area contributed by atoms with Gasteiger partial charge in [0.15, 0.2) is 5.41 Å². The van der Waals surface area contributed by atoms with Crippen molar-refractivity contribution in [3.05, 3.63) is 0 Å². The molecule has 10 heavy (non-hydrogen) atoms. The fraction of sp³-hybridized carbons (Fsp3) is 1.00. The Kier molecular flexibility index (Phi) is 5.35. The van der Waals surface area contributed by atoms with Gasteiger partial charge in [0.1, 0.15) is 0 Å². The molecule has 0 spiro atoms. The Morgan fingerprint density at radius 1 is 1.30 bits per heavy atom. The van der Waals surface area contributed by atoms with Gasteiger partial charge in [-0.25, -0.2) is 0 Å². The molecule has 62 valence electrons. The Bertz CT molecular complexity index is 83.8. The summed E-state index contributed by atoms with van der Waals surface area (Å²) < 4.78 is 10.7. The van der Waals surface area contributed by atoms with E-state index in [9.17, 15) is 0 Å². The van der Waals surface area contributed by atoms with Gasteiger partial charge in [0.05, 0.1) is 16.1 Å². The lowest BCUT2D eigenvalue weighted by Crippen LogP contribution is -2.38. The van der Waals surface area contributed by atoms with Gasteiger partial charge in [-0.2, -0.15) is 0 Å². The van der Waals surface area contributed by atoms with Crippen LogP contribution in [0.15, 0.2) is 0 Å². The second kappa shape index (κ2) is 5.13. The van der Waals surface area contributed by atoms with Crippen LogP contribution in [0, 0.1) is 0 Å². The van der Waals surface area contributed by atoms with Crippen LogP contribution in [0.4, 0.5) is 0 Å². The van der Waals surface area contributed by atoms with E-state index in [2.05, 4.69) is 0 Å². The average Bonchev–Trinajstić information content (AvgIpc) is 1.89. The summed E-state index contributed by atoms with van der Waals surface area (Å²) in [5.74, 6) is 0.431. The Balaban J connectivity index is 3.69. The molecule has 0 saturated heterocycles. The van der Waals surface area contributed by atoms with Crippen molar-refractivity contribution >= 4 is 21.8 Å². The smallest absolute Gasteiger partial charge is 0.154 e. The molecule has 0 aromatic rings. The molecule has 0 aromatic carbocycles. The summed E-state index contributed by atoms with van der Waals surface area (Å²) in [6.07, 6.45) is 0. The van der Waals surface area contributed by atoms with Crippen LogP contribution in [0.3, 0.4) is 0 Å². The van der Waals surface area contributed by atoms with Crippen molar-refractivity contribution in [1.82, 2.24) is 0 Å². The van der Waals surface area contributed by atoms with Crippen molar-refractivity contribution < 1.29 is 9.47 Å². The van der Waals surface area contributed by atoms with Gasteiger partial charge in [0.25, 0.3) is 0 Å². The summed E-state index contributed by atoms with van der Waals surface area (Å²) in [6, 6.07) is 0. The van der Waals surface area contributed by atoms with Gasteiger partial charge >= 0.3 is 0 Å². The van der Waals surface area contributed by atoms with Gasteiger partial charge in [0.2, 0.25) is 0 Å². The van der Waals surface area contributed by atoms with E-state index in [1.165, 1.54) is 0 Å². The van der Waals surface area contributed by atoms with E-state index < -0.39 is 5.41 Å². The molecule has 0 aliphatic rings. The van der Waals surface area contributed by atoms with E-state index in [0.29, 0.717) is 19.1 Å². The van der Waals surface area contributed by atoms with E-state index in [1.807, 2.05) is 13.8 Å². The van der Waals surface area contributed by atoms with E-state index >= 15 is 0 Å². The van der Waals surface area contributed by atoms with Gasteiger partial charge in [-0.3, -0.25) is 0 Å². The van der Waals surface area contributed by atoms with Crippen LogP contribution in [0.2, 0.25) is 0 Å². The summed E-state index contributed by atoms with van der Waals surface area (Å²) >= 11 is 5.65. The zero-order chi connectivity index (χ0) is 8.04. The summed E-state index contributed by atoms with van der Waals surface area (Å²) in [4.78, 5) is 0. The molecule has 0 atom stereocenters. The Morgan fingerprint density at radius 3 is 1.90 bits per heavy atom. The van der Waals surface area contributed by atoms with Crippen molar-refractivity contribution in [2.75, 3.05) is 19.1 Å². The van der Waals surface area contributed by atoms with Gasteiger partial charge in [-0.1, -0.05) is 0 Å². The van der Waals surface area contributed by atoms with Crippen LogP contribution in [-0.4, -0.2) is 34.7 Å². The van der Waals surface area contributed by atoms with Crippen LogP contribution in [0.5, 0.6) is 0 Å². The normalized spacial score (nSPS) is 12.3. The molecule has 0 amide bonds. The van der Waals surface area contributed by atoms with Crippen molar-refractivity contribution in [1.29, 1.82) is 0 Å². The molecule has 0 unspecified atom stereocenters. The first-order chi connectivity index (χ1) is 4.68. The monoisotopic (exact) mass is 182 g/mol. The minimum atomic E-state index is -0.453. The molecule has 0 radical (unpaired) electrons. The highest BCUT2D eigenvalue weighted by Gasteiger charge is 2.22. The number of hydrogen-bond donors (Lipinski definition) is 0. The van der Waals surface area contributed by atoms with Crippen LogP contribution in [0.1, 0.15) is 13.8 Å². The zero-order valence-electron chi connectivity index (χ0n) is 6.82. The fourth-order valence-electron chi connectivity index (χ4n) is 0.729. The summed E-state index contributed by atoms with van der Waals surface area (Å²) in [6.45, 7) is 5.21.